The number of halogens is 3. The molecule has 1 aliphatic rings. The van der Waals surface area contributed by atoms with Crippen LogP contribution >= 0.6 is 0 Å². The van der Waals surface area contributed by atoms with Crippen LogP contribution in [0.5, 0.6) is 5.75 Å². The molecular weight excluding hydrogens is 461 g/mol. The molecule has 4 aromatic rings. The topological polar surface area (TPSA) is 86.8 Å². The minimum absolute atomic E-state index is 0.0340. The molecule has 0 N–H and O–H groups in total. The van der Waals surface area contributed by atoms with E-state index < -0.39 is 62.7 Å². The van der Waals surface area contributed by atoms with Gasteiger partial charge < -0.3 is 9.64 Å². The van der Waals surface area contributed by atoms with Gasteiger partial charge in [-0.25, -0.2) is 9.97 Å². The first-order chi connectivity index (χ1) is 21.4. The molecule has 5 rings (SSSR count). The number of hydrogen-bond donors (Lipinski definition) is 0. The lowest BCUT2D eigenvalue weighted by Crippen LogP contribution is -2.40. The van der Waals surface area contributed by atoms with Gasteiger partial charge in [-0.2, -0.15) is 4.98 Å². The van der Waals surface area contributed by atoms with Crippen molar-refractivity contribution in [2.75, 3.05) is 4.90 Å². The van der Waals surface area contributed by atoms with E-state index in [0.717, 1.165) is 27.5 Å². The molecule has 0 saturated carbocycles. The summed E-state index contributed by atoms with van der Waals surface area (Å²) >= 11 is 0. The van der Waals surface area contributed by atoms with Crippen LogP contribution in [-0.4, -0.2) is 46.7 Å². The van der Waals surface area contributed by atoms with Crippen LogP contribution in [0.15, 0.2) is 42.9 Å². The van der Waals surface area contributed by atoms with Gasteiger partial charge in [0.15, 0.2) is 11.6 Å². The summed E-state index contributed by atoms with van der Waals surface area (Å²) < 4.78 is 144. The lowest BCUT2D eigenvalue weighted by Gasteiger charge is -2.39. The van der Waals surface area contributed by atoms with Gasteiger partial charge in [0.2, 0.25) is 5.95 Å². The van der Waals surface area contributed by atoms with Crippen LogP contribution in [0, 0.1) is 6.92 Å². The van der Waals surface area contributed by atoms with Crippen LogP contribution < -0.4 is 9.64 Å². The van der Waals surface area contributed by atoms with Crippen LogP contribution in [0.4, 0.5) is 19.0 Å². The molecule has 1 aromatic carbocycles. The average Bonchev–Trinajstić information content (AvgIpc) is 3.56. The van der Waals surface area contributed by atoms with E-state index in [1.807, 2.05) is 0 Å². The second-order valence-electron chi connectivity index (χ2n) is 7.28. The molecule has 1 aliphatic heterocycles. The normalized spacial score (nSPS) is 22.2. The quantitative estimate of drug-likeness (QED) is 0.392. The Balaban J connectivity index is 1.82. The number of imidazole rings is 1. The smallest absolute Gasteiger partial charge is 0.406 e. The van der Waals surface area contributed by atoms with Gasteiger partial charge in [-0.05, 0) is 39.1 Å². The van der Waals surface area contributed by atoms with Crippen molar-refractivity contribution in [3.05, 3.63) is 54.5 Å². The largest absolute Gasteiger partial charge is 0.573 e. The Morgan fingerprint density at radius 2 is 2.11 bits per heavy atom. The molecule has 9 nitrogen and oxygen atoms in total. The first-order valence-corrected chi connectivity index (χ1v) is 9.89. The summed E-state index contributed by atoms with van der Waals surface area (Å²) in [7, 11) is 0. The fourth-order valence-corrected chi connectivity index (χ4v) is 3.77. The number of aromatic nitrogens is 7. The van der Waals surface area contributed by atoms with E-state index >= 15 is 0 Å². The lowest BCUT2D eigenvalue weighted by molar-refractivity contribution is -0.274. The average molecular weight is 497 g/mol. The zero-order valence-electron chi connectivity index (χ0n) is 29.7. The van der Waals surface area contributed by atoms with E-state index in [1.54, 1.807) is 0 Å². The minimum atomic E-state index is -5.00. The SMILES string of the molecule is [2H]C([2H])([2H])C([2H])([2H])C1c2nnc(C)n2-c2cnc(-n3ccnc3-c3cccc(OC(F)(F)F)c3)nc2N1C([2H])(C([2H])([2H])[2H])C([2H])([2H])[2H]. The van der Waals surface area contributed by atoms with Crippen molar-refractivity contribution in [2.24, 2.45) is 0 Å². The number of ether oxygens (including phenoxy) is 1. The molecule has 0 fully saturated rings. The summed E-state index contributed by atoms with van der Waals surface area (Å²) in [5.41, 5.74) is -0.139. The first-order valence-electron chi connectivity index (χ1n) is 15.9. The number of anilines is 1. The lowest BCUT2D eigenvalue weighted by atomic mass is 10.1. The fourth-order valence-electron chi connectivity index (χ4n) is 3.77. The molecule has 35 heavy (non-hydrogen) atoms. The van der Waals surface area contributed by atoms with Crippen LogP contribution in [0.25, 0.3) is 23.0 Å². The highest BCUT2D eigenvalue weighted by Gasteiger charge is 2.36. The zero-order chi connectivity index (χ0) is 35.1. The molecule has 0 saturated heterocycles. The zero-order valence-corrected chi connectivity index (χ0v) is 17.7. The second-order valence-corrected chi connectivity index (χ2v) is 7.28. The van der Waals surface area contributed by atoms with Crippen molar-refractivity contribution in [1.29, 1.82) is 0 Å². The summed E-state index contributed by atoms with van der Waals surface area (Å²) in [6.07, 6.45) is -4.89. The molecule has 1 unspecified atom stereocenters. The van der Waals surface area contributed by atoms with Crippen molar-refractivity contribution < 1.29 is 34.4 Å². The molecule has 3 aromatic heterocycles. The number of benzene rings is 1. The maximum absolute atomic E-state index is 12.9. The standard InChI is InChI=1S/C23H23F3N8O/c1-5-17-21-31-30-14(4)34(21)18-12-28-22(29-20(18)33(17)13(2)3)32-10-9-27-19(32)15-7-6-8-16(11-15)35-23(24,25)26/h6-13,17H,5H2,1-4H3/i1D3,2D3,3D3,5D2,13D. The summed E-state index contributed by atoms with van der Waals surface area (Å²) in [4.78, 5) is 13.0. The summed E-state index contributed by atoms with van der Waals surface area (Å²) in [6.45, 7) is -9.63. The molecule has 0 aliphatic carbocycles. The van der Waals surface area contributed by atoms with Crippen LogP contribution in [0.3, 0.4) is 0 Å². The Bertz CT molecular complexity index is 1800. The molecule has 0 amide bonds. The van der Waals surface area contributed by atoms with E-state index in [2.05, 4.69) is 29.9 Å². The Labute approximate surface area is 216 Å². The summed E-state index contributed by atoms with van der Waals surface area (Å²) in [5.74, 6) is -2.20. The molecule has 182 valence electrons. The molecule has 1 atom stereocenters. The van der Waals surface area contributed by atoms with E-state index in [9.17, 15) is 13.2 Å². The van der Waals surface area contributed by atoms with Crippen LogP contribution in [-0.2, 0) is 0 Å². The van der Waals surface area contributed by atoms with E-state index in [0.29, 0.717) is 0 Å². The number of rotatable bonds is 5. The van der Waals surface area contributed by atoms with E-state index in [4.69, 9.17) is 16.4 Å². The van der Waals surface area contributed by atoms with Gasteiger partial charge in [0, 0.05) is 39.1 Å². The van der Waals surface area contributed by atoms with E-state index in [1.165, 1.54) is 31.5 Å². The number of fused-ring (bicyclic) bond motifs is 3. The first kappa shape index (κ1) is 12.7. The third-order valence-corrected chi connectivity index (χ3v) is 5.12. The van der Waals surface area contributed by atoms with Crippen LogP contribution in [0.2, 0.25) is 0 Å². The van der Waals surface area contributed by atoms with Gasteiger partial charge >= 0.3 is 6.36 Å². The minimum Gasteiger partial charge on any atom is -0.406 e. The van der Waals surface area contributed by atoms with Gasteiger partial charge in [0.25, 0.3) is 0 Å². The van der Waals surface area contributed by atoms with Crippen molar-refractivity contribution in [3.63, 3.8) is 0 Å². The fraction of sp³-hybridized carbons (Fsp3) is 0.348. The highest BCUT2D eigenvalue weighted by molar-refractivity contribution is 5.64. The highest BCUT2D eigenvalue weighted by Crippen LogP contribution is 2.40. The molecule has 0 spiro atoms. The van der Waals surface area contributed by atoms with E-state index in [-0.39, 0.29) is 33.7 Å². The maximum atomic E-state index is 12.9. The third-order valence-electron chi connectivity index (χ3n) is 5.12. The summed E-state index contributed by atoms with van der Waals surface area (Å²) in [5, 5.41) is 7.75. The number of hydrogen-bond acceptors (Lipinski definition) is 7. The Hall–Kier alpha value is -3.96. The van der Waals surface area contributed by atoms with Gasteiger partial charge in [-0.15, -0.1) is 23.4 Å². The van der Waals surface area contributed by atoms with Gasteiger partial charge in [-0.3, -0.25) is 9.13 Å². The van der Waals surface area contributed by atoms with Gasteiger partial charge in [-0.1, -0.05) is 19.0 Å². The second kappa shape index (κ2) is 8.36. The Morgan fingerprint density at radius 1 is 1.26 bits per heavy atom. The predicted octanol–water partition coefficient (Wildman–Crippen LogP) is 4.80. The maximum Gasteiger partial charge on any atom is 0.573 e. The molecule has 12 heteroatoms. The number of nitrogens with zero attached hydrogens (tertiary/aromatic N) is 8. The van der Waals surface area contributed by atoms with Crippen molar-refractivity contribution >= 4 is 5.82 Å². The Kier molecular flexibility index (Phi) is 3.02. The van der Waals surface area contributed by atoms with Crippen molar-refractivity contribution in [2.45, 2.75) is 52.3 Å². The van der Waals surface area contributed by atoms with Crippen molar-refractivity contribution in [1.82, 2.24) is 34.3 Å². The van der Waals surface area contributed by atoms with Gasteiger partial charge in [0.05, 0.1) is 13.6 Å². The summed E-state index contributed by atoms with van der Waals surface area (Å²) in [6, 6.07) is -1.42. The molecule has 4 heterocycles. The molecule has 0 radical (unpaired) electrons. The van der Waals surface area contributed by atoms with Crippen molar-refractivity contribution in [3.8, 4) is 28.8 Å². The van der Waals surface area contributed by atoms with Crippen LogP contribution in [0.1, 0.15) is 61.1 Å². The molecule has 0 bridgehead atoms. The third kappa shape index (κ3) is 3.98. The molecular formula is C23H23F3N8O. The monoisotopic (exact) mass is 496 g/mol. The predicted molar refractivity (Wildman–Crippen MR) is 122 cm³/mol. The number of aryl methyl sites for hydroxylation is 1. The van der Waals surface area contributed by atoms with Gasteiger partial charge in [0.1, 0.15) is 23.1 Å². The Morgan fingerprint density at radius 3 is 2.89 bits per heavy atom. The highest BCUT2D eigenvalue weighted by atomic mass is 19.4. The number of alkyl halides is 3.